The third-order valence-corrected chi connectivity index (χ3v) is 4.21. The summed E-state index contributed by atoms with van der Waals surface area (Å²) < 4.78 is 0. The lowest BCUT2D eigenvalue weighted by Gasteiger charge is -2.12. The number of amides is 2. The van der Waals surface area contributed by atoms with Crippen LogP contribution in [0.4, 0.5) is 10.8 Å². The van der Waals surface area contributed by atoms with Crippen molar-refractivity contribution in [2.45, 2.75) is 26.2 Å². The Kier molecular flexibility index (Phi) is 4.95. The van der Waals surface area contributed by atoms with Crippen molar-refractivity contribution in [3.05, 3.63) is 34.8 Å². The Morgan fingerprint density at radius 3 is 2.52 bits per heavy atom. The number of nitrogens with one attached hydrogen (secondary N) is 2. The number of anilines is 2. The van der Waals surface area contributed by atoms with Gasteiger partial charge in [0.15, 0.2) is 0 Å². The lowest BCUT2D eigenvalue weighted by molar-refractivity contribution is -0.114. The number of hydrogen-bond acceptors (Lipinski definition) is 6. The van der Waals surface area contributed by atoms with E-state index in [1.807, 2.05) is 20.8 Å². The number of nitrogens with two attached hydrogens (primary N) is 1. The molecule has 0 aliphatic carbocycles. The van der Waals surface area contributed by atoms with Crippen molar-refractivity contribution in [3.63, 3.8) is 0 Å². The number of benzene rings is 1. The second kappa shape index (κ2) is 6.74. The van der Waals surface area contributed by atoms with Gasteiger partial charge in [0.2, 0.25) is 11.0 Å². The maximum absolute atomic E-state index is 12.0. The molecule has 4 N–H and O–H groups in total. The van der Waals surface area contributed by atoms with Crippen LogP contribution in [-0.4, -0.2) is 28.6 Å². The van der Waals surface area contributed by atoms with Crippen molar-refractivity contribution in [1.29, 1.82) is 0 Å². The monoisotopic (exact) mass is 333 g/mol. The van der Waals surface area contributed by atoms with Crippen LogP contribution in [0.15, 0.2) is 24.3 Å². The van der Waals surface area contributed by atoms with E-state index < -0.39 is 5.91 Å². The summed E-state index contributed by atoms with van der Waals surface area (Å²) in [7, 11) is 0. The molecule has 0 spiro atoms. The number of carbonyl (C=O) groups excluding carboxylic acids is 2. The molecule has 0 unspecified atom stereocenters. The van der Waals surface area contributed by atoms with Crippen LogP contribution in [0.3, 0.4) is 0 Å². The van der Waals surface area contributed by atoms with Crippen LogP contribution in [0.1, 0.15) is 36.1 Å². The molecule has 2 aromatic rings. The van der Waals surface area contributed by atoms with Gasteiger partial charge in [-0.2, -0.15) is 0 Å². The fraction of sp³-hybridized carbons (Fsp3) is 0.333. The van der Waals surface area contributed by atoms with E-state index in [0.717, 1.165) is 5.01 Å². The van der Waals surface area contributed by atoms with Crippen LogP contribution >= 0.6 is 11.3 Å². The predicted octanol–water partition coefficient (Wildman–Crippen LogP) is 1.99. The van der Waals surface area contributed by atoms with Gasteiger partial charge in [-0.05, 0) is 12.1 Å². The highest BCUT2D eigenvalue weighted by molar-refractivity contribution is 7.15. The molecule has 1 heterocycles. The zero-order valence-corrected chi connectivity index (χ0v) is 14.0. The summed E-state index contributed by atoms with van der Waals surface area (Å²) in [4.78, 5) is 23.3. The summed E-state index contributed by atoms with van der Waals surface area (Å²) in [5, 5.41) is 14.9. The third-order valence-electron chi connectivity index (χ3n) is 2.94. The lowest BCUT2D eigenvalue weighted by atomic mass is 9.98. The number of primary amides is 1. The van der Waals surface area contributed by atoms with Crippen LogP contribution in [0, 0.1) is 0 Å². The van der Waals surface area contributed by atoms with Gasteiger partial charge in [-0.1, -0.05) is 44.2 Å². The van der Waals surface area contributed by atoms with Gasteiger partial charge in [-0.15, -0.1) is 10.2 Å². The largest absolute Gasteiger partial charge is 0.375 e. The molecular formula is C15H19N5O2S. The smallest absolute Gasteiger partial charge is 0.250 e. The lowest BCUT2D eigenvalue weighted by Crippen LogP contribution is -2.23. The predicted molar refractivity (Wildman–Crippen MR) is 90.7 cm³/mol. The highest BCUT2D eigenvalue weighted by atomic mass is 32.1. The molecule has 122 valence electrons. The van der Waals surface area contributed by atoms with E-state index >= 15 is 0 Å². The van der Waals surface area contributed by atoms with Crippen molar-refractivity contribution in [2.75, 3.05) is 17.2 Å². The molecule has 2 amide bonds. The Morgan fingerprint density at radius 2 is 1.91 bits per heavy atom. The standard InChI is InChI=1S/C15H19N5O2S/c1-15(2,3)13-19-20-14(23-13)18-11(21)8-17-10-7-5-4-6-9(10)12(16)22/h4-7,17H,8H2,1-3H3,(H2,16,22)(H,18,20,21). The van der Waals surface area contributed by atoms with Crippen molar-refractivity contribution in [2.24, 2.45) is 5.73 Å². The van der Waals surface area contributed by atoms with Gasteiger partial charge in [0.25, 0.3) is 5.91 Å². The first kappa shape index (κ1) is 16.9. The molecular weight excluding hydrogens is 314 g/mol. The molecule has 0 saturated carbocycles. The first-order valence-electron chi connectivity index (χ1n) is 7.04. The van der Waals surface area contributed by atoms with Crippen molar-refractivity contribution in [3.8, 4) is 0 Å². The fourth-order valence-electron chi connectivity index (χ4n) is 1.77. The van der Waals surface area contributed by atoms with Gasteiger partial charge in [-0.3, -0.25) is 14.9 Å². The molecule has 0 aliphatic rings. The van der Waals surface area contributed by atoms with Crippen molar-refractivity contribution < 1.29 is 9.59 Å². The summed E-state index contributed by atoms with van der Waals surface area (Å²) >= 11 is 1.34. The van der Waals surface area contributed by atoms with Gasteiger partial charge in [0.1, 0.15) is 5.01 Å². The van der Waals surface area contributed by atoms with E-state index in [4.69, 9.17) is 5.73 Å². The molecule has 1 aromatic carbocycles. The molecule has 0 bridgehead atoms. The number of hydrogen-bond donors (Lipinski definition) is 3. The molecule has 2 rings (SSSR count). The number of rotatable bonds is 5. The number of aromatic nitrogens is 2. The summed E-state index contributed by atoms with van der Waals surface area (Å²) in [5.74, 6) is -0.826. The maximum atomic E-state index is 12.0. The van der Waals surface area contributed by atoms with Gasteiger partial charge >= 0.3 is 0 Å². The molecule has 0 atom stereocenters. The van der Waals surface area contributed by atoms with E-state index in [1.165, 1.54) is 11.3 Å². The Hall–Kier alpha value is -2.48. The van der Waals surface area contributed by atoms with E-state index in [0.29, 0.717) is 16.4 Å². The molecule has 7 nitrogen and oxygen atoms in total. The highest BCUT2D eigenvalue weighted by Gasteiger charge is 2.20. The Morgan fingerprint density at radius 1 is 1.22 bits per heavy atom. The highest BCUT2D eigenvalue weighted by Crippen LogP contribution is 2.27. The summed E-state index contributed by atoms with van der Waals surface area (Å²) in [6.07, 6.45) is 0. The van der Waals surface area contributed by atoms with Crippen LogP contribution in [-0.2, 0) is 10.2 Å². The van der Waals surface area contributed by atoms with E-state index in [1.54, 1.807) is 24.3 Å². The Bertz CT molecular complexity index is 721. The first-order chi connectivity index (χ1) is 10.8. The van der Waals surface area contributed by atoms with Gasteiger partial charge < -0.3 is 11.1 Å². The molecule has 0 fully saturated rings. The summed E-state index contributed by atoms with van der Waals surface area (Å²) in [5.41, 5.74) is 6.04. The second-order valence-electron chi connectivity index (χ2n) is 5.97. The molecule has 0 saturated heterocycles. The Balaban J connectivity index is 1.96. The van der Waals surface area contributed by atoms with E-state index in [2.05, 4.69) is 20.8 Å². The normalized spacial score (nSPS) is 11.1. The van der Waals surface area contributed by atoms with Crippen LogP contribution in [0.5, 0.6) is 0 Å². The SMILES string of the molecule is CC(C)(C)c1nnc(NC(=O)CNc2ccccc2C(N)=O)s1. The van der Waals surface area contributed by atoms with Crippen molar-refractivity contribution >= 4 is 34.0 Å². The van der Waals surface area contributed by atoms with Gasteiger partial charge in [-0.25, -0.2) is 0 Å². The fourth-order valence-corrected chi connectivity index (χ4v) is 2.59. The van der Waals surface area contributed by atoms with Crippen LogP contribution < -0.4 is 16.4 Å². The second-order valence-corrected chi connectivity index (χ2v) is 6.95. The minimum Gasteiger partial charge on any atom is -0.375 e. The molecule has 1 aromatic heterocycles. The minimum atomic E-state index is -0.549. The summed E-state index contributed by atoms with van der Waals surface area (Å²) in [6.45, 7) is 6.08. The van der Waals surface area contributed by atoms with Gasteiger partial charge in [0, 0.05) is 11.1 Å². The molecule has 0 aliphatic heterocycles. The van der Waals surface area contributed by atoms with E-state index in [-0.39, 0.29) is 17.9 Å². The quantitative estimate of drug-likeness (QED) is 0.775. The van der Waals surface area contributed by atoms with Crippen LogP contribution in [0.2, 0.25) is 0 Å². The number of nitrogens with zero attached hydrogens (tertiary/aromatic N) is 2. The third kappa shape index (κ3) is 4.49. The average molecular weight is 333 g/mol. The Labute approximate surface area is 138 Å². The summed E-state index contributed by atoms with van der Waals surface area (Å²) in [6, 6.07) is 6.76. The van der Waals surface area contributed by atoms with Crippen molar-refractivity contribution in [1.82, 2.24) is 10.2 Å². The number of para-hydroxylation sites is 1. The molecule has 23 heavy (non-hydrogen) atoms. The topological polar surface area (TPSA) is 110 Å². The van der Waals surface area contributed by atoms with Gasteiger partial charge in [0.05, 0.1) is 12.1 Å². The zero-order chi connectivity index (χ0) is 17.0. The molecule has 8 heteroatoms. The number of carbonyl (C=O) groups is 2. The maximum Gasteiger partial charge on any atom is 0.250 e. The molecule has 0 radical (unpaired) electrons. The van der Waals surface area contributed by atoms with Crippen LogP contribution in [0.25, 0.3) is 0 Å². The zero-order valence-electron chi connectivity index (χ0n) is 13.2. The average Bonchev–Trinajstić information content (AvgIpc) is 2.94. The minimum absolute atomic E-state index is 0.00523. The first-order valence-corrected chi connectivity index (χ1v) is 7.85. The van der Waals surface area contributed by atoms with E-state index in [9.17, 15) is 9.59 Å².